The summed E-state index contributed by atoms with van der Waals surface area (Å²) in [5.74, 6) is 0. The van der Waals surface area contributed by atoms with E-state index in [4.69, 9.17) is 0 Å². The van der Waals surface area contributed by atoms with Crippen LogP contribution >= 0.6 is 15.9 Å². The second-order valence-corrected chi connectivity index (χ2v) is 4.07. The smallest absolute Gasteiger partial charge is 0.103 e. The van der Waals surface area contributed by atoms with Crippen LogP contribution in [0.5, 0.6) is 0 Å². The maximum absolute atomic E-state index is 3.62. The quantitative estimate of drug-likeness (QED) is 0.479. The highest BCUT2D eigenvalue weighted by atomic mass is 79.9. The van der Waals surface area contributed by atoms with Gasteiger partial charge < -0.3 is 4.90 Å². The second-order valence-electron chi connectivity index (χ2n) is 3.13. The van der Waals surface area contributed by atoms with Crippen LogP contribution < -0.4 is 0 Å². The third-order valence-electron chi connectivity index (χ3n) is 2.42. The Labute approximate surface area is 75.9 Å². The molecule has 11 heavy (non-hydrogen) atoms. The predicted octanol–water partition coefficient (Wildman–Crippen LogP) is 2.65. The first kappa shape index (κ1) is 7.41. The van der Waals surface area contributed by atoms with Gasteiger partial charge in [0.2, 0.25) is 0 Å². The van der Waals surface area contributed by atoms with Gasteiger partial charge in [-0.2, -0.15) is 0 Å². The summed E-state index contributed by atoms with van der Waals surface area (Å²) in [7, 11) is 0. The van der Waals surface area contributed by atoms with E-state index in [1.54, 1.807) is 0 Å². The van der Waals surface area contributed by atoms with E-state index in [-0.39, 0.29) is 0 Å². The Kier molecular flexibility index (Phi) is 2.03. The largest absolute Gasteiger partial charge is 0.359 e. The van der Waals surface area contributed by atoms with Crippen LogP contribution in [0.2, 0.25) is 0 Å². The molecule has 2 rings (SSSR count). The van der Waals surface area contributed by atoms with Gasteiger partial charge in [-0.15, -0.1) is 0 Å². The van der Waals surface area contributed by atoms with Crippen molar-refractivity contribution in [2.75, 3.05) is 0 Å². The number of allylic oxidation sites excluding steroid dienone is 2. The van der Waals surface area contributed by atoms with Crippen LogP contribution in [0.15, 0.2) is 24.4 Å². The molecule has 1 atom stereocenters. The Bertz CT molecular complexity index is 194. The molecule has 0 bridgehead atoms. The maximum Gasteiger partial charge on any atom is 0.103 e. The third-order valence-corrected chi connectivity index (χ3v) is 3.20. The summed E-state index contributed by atoms with van der Waals surface area (Å²) < 4.78 is 0. The first-order valence-electron chi connectivity index (χ1n) is 4.14. The lowest BCUT2D eigenvalue weighted by Gasteiger charge is -2.39. The molecule has 1 heterocycles. The van der Waals surface area contributed by atoms with Gasteiger partial charge in [-0.25, -0.2) is 0 Å². The van der Waals surface area contributed by atoms with E-state index in [2.05, 4.69) is 45.3 Å². The molecule has 2 aliphatic rings. The van der Waals surface area contributed by atoms with Gasteiger partial charge in [-0.05, 0) is 25.3 Å². The molecule has 1 saturated carbocycles. The van der Waals surface area contributed by atoms with Crippen molar-refractivity contribution in [3.05, 3.63) is 24.4 Å². The van der Waals surface area contributed by atoms with Crippen LogP contribution in [-0.2, 0) is 0 Å². The molecule has 0 radical (unpaired) electrons. The van der Waals surface area contributed by atoms with Gasteiger partial charge in [0.15, 0.2) is 0 Å². The Morgan fingerprint density at radius 2 is 2.09 bits per heavy atom. The molecule has 1 aliphatic carbocycles. The van der Waals surface area contributed by atoms with Crippen molar-refractivity contribution < 1.29 is 0 Å². The highest BCUT2D eigenvalue weighted by molar-refractivity contribution is 9.09. The fourth-order valence-corrected chi connectivity index (χ4v) is 2.14. The normalized spacial score (nSPS) is 30.6. The molecule has 1 aliphatic heterocycles. The van der Waals surface area contributed by atoms with E-state index in [0.717, 1.165) is 6.04 Å². The Hall–Kier alpha value is -0.240. The number of hydrogen-bond donors (Lipinski definition) is 0. The second kappa shape index (κ2) is 3.02. The number of nitrogens with zero attached hydrogens (tertiary/aromatic N) is 1. The fourth-order valence-electron chi connectivity index (χ4n) is 1.49. The van der Waals surface area contributed by atoms with Gasteiger partial charge in [0.1, 0.15) is 4.95 Å². The van der Waals surface area contributed by atoms with Crippen molar-refractivity contribution in [3.63, 3.8) is 0 Å². The number of alkyl halides is 1. The molecule has 0 saturated heterocycles. The molecule has 0 spiro atoms. The molecule has 0 N–H and O–H groups in total. The van der Waals surface area contributed by atoms with Gasteiger partial charge >= 0.3 is 0 Å². The van der Waals surface area contributed by atoms with Gasteiger partial charge in [-0.3, -0.25) is 0 Å². The van der Waals surface area contributed by atoms with Crippen molar-refractivity contribution in [1.82, 2.24) is 4.90 Å². The molecular weight excluding hydrogens is 202 g/mol. The fraction of sp³-hybridized carbons (Fsp3) is 0.556. The molecule has 1 fully saturated rings. The van der Waals surface area contributed by atoms with Crippen LogP contribution in [-0.4, -0.2) is 15.9 Å². The summed E-state index contributed by atoms with van der Waals surface area (Å²) in [6.07, 6.45) is 12.7. The molecule has 0 aromatic carbocycles. The number of halogens is 1. The first-order chi connectivity index (χ1) is 5.38. The SMILES string of the molecule is BrC1C=CC=CN1C1CCC1. The van der Waals surface area contributed by atoms with Crippen molar-refractivity contribution in [3.8, 4) is 0 Å². The minimum absolute atomic E-state index is 0.429. The first-order valence-corrected chi connectivity index (χ1v) is 5.06. The average molecular weight is 214 g/mol. The van der Waals surface area contributed by atoms with E-state index in [1.165, 1.54) is 19.3 Å². The van der Waals surface area contributed by atoms with E-state index in [1.807, 2.05) is 0 Å². The van der Waals surface area contributed by atoms with E-state index < -0.39 is 0 Å². The standard InChI is InChI=1S/C9H12BrN/c10-9-6-1-2-7-11(9)8-4-3-5-8/h1-2,6-9H,3-5H2. The van der Waals surface area contributed by atoms with Crippen molar-refractivity contribution in [2.24, 2.45) is 0 Å². The van der Waals surface area contributed by atoms with E-state index in [9.17, 15) is 0 Å². The Balaban J connectivity index is 2.01. The highest BCUT2D eigenvalue weighted by Crippen LogP contribution is 2.29. The van der Waals surface area contributed by atoms with E-state index >= 15 is 0 Å². The summed E-state index contributed by atoms with van der Waals surface area (Å²) >= 11 is 3.62. The summed E-state index contributed by atoms with van der Waals surface area (Å²) in [4.78, 5) is 2.82. The highest BCUT2D eigenvalue weighted by Gasteiger charge is 2.26. The summed E-state index contributed by atoms with van der Waals surface area (Å²) in [6.45, 7) is 0. The minimum atomic E-state index is 0.429. The molecule has 0 aromatic heterocycles. The monoisotopic (exact) mass is 213 g/mol. The van der Waals surface area contributed by atoms with Gasteiger partial charge in [0.25, 0.3) is 0 Å². The van der Waals surface area contributed by atoms with Gasteiger partial charge in [-0.1, -0.05) is 28.1 Å². The molecule has 2 heteroatoms. The summed E-state index contributed by atoms with van der Waals surface area (Å²) in [6, 6.07) is 0.792. The van der Waals surface area contributed by atoms with Crippen LogP contribution in [0.4, 0.5) is 0 Å². The summed E-state index contributed by atoms with van der Waals surface area (Å²) in [5, 5.41) is 0. The predicted molar refractivity (Wildman–Crippen MR) is 50.5 cm³/mol. The van der Waals surface area contributed by atoms with Crippen molar-refractivity contribution >= 4 is 15.9 Å². The molecular formula is C9H12BrN. The van der Waals surface area contributed by atoms with Crippen LogP contribution in [0.25, 0.3) is 0 Å². The minimum Gasteiger partial charge on any atom is -0.359 e. The Morgan fingerprint density at radius 1 is 1.27 bits per heavy atom. The van der Waals surface area contributed by atoms with Gasteiger partial charge in [0.05, 0.1) is 0 Å². The lowest BCUT2D eigenvalue weighted by atomic mass is 9.91. The Morgan fingerprint density at radius 3 is 2.64 bits per heavy atom. The topological polar surface area (TPSA) is 3.24 Å². The van der Waals surface area contributed by atoms with Crippen LogP contribution in [0, 0.1) is 0 Å². The molecule has 1 nitrogen and oxygen atoms in total. The zero-order valence-electron chi connectivity index (χ0n) is 6.41. The van der Waals surface area contributed by atoms with Crippen molar-refractivity contribution in [1.29, 1.82) is 0 Å². The zero-order chi connectivity index (χ0) is 7.68. The molecule has 1 unspecified atom stereocenters. The van der Waals surface area contributed by atoms with Crippen LogP contribution in [0.1, 0.15) is 19.3 Å². The zero-order valence-corrected chi connectivity index (χ0v) is 8.00. The third kappa shape index (κ3) is 1.36. The van der Waals surface area contributed by atoms with Crippen LogP contribution in [0.3, 0.4) is 0 Å². The maximum atomic E-state index is 3.62. The molecule has 0 aromatic rings. The molecule has 0 amide bonds. The lowest BCUT2D eigenvalue weighted by Crippen LogP contribution is -2.40. The lowest BCUT2D eigenvalue weighted by molar-refractivity contribution is 0.188. The van der Waals surface area contributed by atoms with E-state index in [0.29, 0.717) is 4.95 Å². The summed E-state index contributed by atoms with van der Waals surface area (Å²) in [5.41, 5.74) is 0. The molecule has 60 valence electrons. The van der Waals surface area contributed by atoms with Crippen molar-refractivity contribution in [2.45, 2.75) is 30.3 Å². The number of rotatable bonds is 1. The number of hydrogen-bond acceptors (Lipinski definition) is 1. The average Bonchev–Trinajstić information content (AvgIpc) is 1.90. The van der Waals surface area contributed by atoms with Gasteiger partial charge in [0, 0.05) is 12.2 Å².